The van der Waals surface area contributed by atoms with E-state index < -0.39 is 12.3 Å². The lowest BCUT2D eigenvalue weighted by Crippen LogP contribution is -2.17. The van der Waals surface area contributed by atoms with Gasteiger partial charge in [-0.25, -0.2) is 0 Å². The van der Waals surface area contributed by atoms with Crippen LogP contribution in [0, 0.1) is 3.57 Å². The summed E-state index contributed by atoms with van der Waals surface area (Å²) in [6, 6.07) is 3.86. The van der Waals surface area contributed by atoms with E-state index in [1.165, 1.54) is 18.2 Å². The number of benzene rings is 1. The second kappa shape index (κ2) is 5.56. The van der Waals surface area contributed by atoms with Crippen LogP contribution in [0.3, 0.4) is 0 Å². The van der Waals surface area contributed by atoms with Crippen molar-refractivity contribution in [2.45, 2.75) is 19.2 Å². The van der Waals surface area contributed by atoms with Gasteiger partial charge in [-0.1, -0.05) is 0 Å². The van der Waals surface area contributed by atoms with E-state index in [9.17, 15) is 18.0 Å². The Morgan fingerprint density at radius 1 is 1.41 bits per heavy atom. The Bertz CT molecular complexity index is 418. The van der Waals surface area contributed by atoms with Crippen LogP contribution in [0.2, 0.25) is 0 Å². The van der Waals surface area contributed by atoms with E-state index in [0.717, 1.165) is 0 Å². The number of aliphatic carboxylic acids is 1. The molecule has 1 rings (SSSR count). The number of hydrogen-bond donors (Lipinski definition) is 1. The molecule has 0 aliphatic carbocycles. The largest absolute Gasteiger partial charge is 0.573 e. The third kappa shape index (κ3) is 5.24. The molecule has 94 valence electrons. The topological polar surface area (TPSA) is 46.5 Å². The standard InChI is InChI=1S/C10H8F3IO3/c11-10(12,13)17-7-2-3-8(14)6(5-7)1-4-9(15)16/h2-3,5H,1,4H2,(H,15,16). The van der Waals surface area contributed by atoms with Gasteiger partial charge in [0.05, 0.1) is 0 Å². The zero-order valence-electron chi connectivity index (χ0n) is 8.42. The summed E-state index contributed by atoms with van der Waals surface area (Å²) in [5, 5.41) is 8.51. The number of carboxylic acids is 1. The van der Waals surface area contributed by atoms with Gasteiger partial charge in [0.1, 0.15) is 5.75 Å². The molecule has 0 spiro atoms. The fourth-order valence-corrected chi connectivity index (χ4v) is 1.79. The summed E-state index contributed by atoms with van der Waals surface area (Å²) in [5.41, 5.74) is 0.523. The maximum atomic E-state index is 12.0. The average Bonchev–Trinajstić information content (AvgIpc) is 2.16. The summed E-state index contributed by atoms with van der Waals surface area (Å²) < 4.78 is 40.4. The minimum Gasteiger partial charge on any atom is -0.481 e. The highest BCUT2D eigenvalue weighted by Crippen LogP contribution is 2.26. The molecule has 0 saturated carbocycles. The summed E-state index contributed by atoms with van der Waals surface area (Å²) >= 11 is 1.93. The number of halogens is 4. The predicted octanol–water partition coefficient (Wildman–Crippen LogP) is 3.21. The molecule has 0 heterocycles. The van der Waals surface area contributed by atoms with E-state index in [2.05, 4.69) is 4.74 Å². The maximum absolute atomic E-state index is 12.0. The number of carboxylic acid groups (broad SMARTS) is 1. The SMILES string of the molecule is O=C(O)CCc1cc(OC(F)(F)F)ccc1I. The summed E-state index contributed by atoms with van der Waals surface area (Å²) in [6.07, 6.45) is -4.70. The van der Waals surface area contributed by atoms with Crippen LogP contribution in [-0.4, -0.2) is 17.4 Å². The van der Waals surface area contributed by atoms with E-state index in [1.54, 1.807) is 0 Å². The van der Waals surface area contributed by atoms with Gasteiger partial charge in [0.15, 0.2) is 0 Å². The molecule has 0 atom stereocenters. The van der Waals surface area contributed by atoms with Crippen molar-refractivity contribution in [3.63, 3.8) is 0 Å². The normalized spacial score (nSPS) is 11.3. The summed E-state index contributed by atoms with van der Waals surface area (Å²) in [4.78, 5) is 10.4. The fraction of sp³-hybridized carbons (Fsp3) is 0.300. The van der Waals surface area contributed by atoms with Crippen LogP contribution in [0.1, 0.15) is 12.0 Å². The van der Waals surface area contributed by atoms with Crippen molar-refractivity contribution in [3.8, 4) is 5.75 Å². The Kier molecular flexibility index (Phi) is 4.61. The first kappa shape index (κ1) is 14.1. The van der Waals surface area contributed by atoms with Gasteiger partial charge in [0.2, 0.25) is 0 Å². The van der Waals surface area contributed by atoms with E-state index in [0.29, 0.717) is 9.13 Å². The van der Waals surface area contributed by atoms with Crippen LogP contribution in [0.4, 0.5) is 13.2 Å². The summed E-state index contributed by atoms with van der Waals surface area (Å²) in [7, 11) is 0. The van der Waals surface area contributed by atoms with Gasteiger partial charge < -0.3 is 9.84 Å². The zero-order valence-corrected chi connectivity index (χ0v) is 10.6. The lowest BCUT2D eigenvalue weighted by atomic mass is 10.1. The average molecular weight is 360 g/mol. The van der Waals surface area contributed by atoms with Gasteiger partial charge in [-0.2, -0.15) is 0 Å². The lowest BCUT2D eigenvalue weighted by molar-refractivity contribution is -0.274. The Morgan fingerprint density at radius 3 is 2.59 bits per heavy atom. The molecule has 0 saturated heterocycles. The van der Waals surface area contributed by atoms with E-state index in [1.807, 2.05) is 22.6 Å². The Balaban J connectivity index is 2.83. The molecule has 0 aliphatic heterocycles. The molecular weight excluding hydrogens is 352 g/mol. The molecule has 7 heteroatoms. The van der Waals surface area contributed by atoms with Crippen molar-refractivity contribution in [2.24, 2.45) is 0 Å². The van der Waals surface area contributed by atoms with Gasteiger partial charge in [-0.05, 0) is 52.8 Å². The van der Waals surface area contributed by atoms with E-state index in [-0.39, 0.29) is 18.6 Å². The zero-order chi connectivity index (χ0) is 13.1. The van der Waals surface area contributed by atoms with Crippen LogP contribution in [0.5, 0.6) is 5.75 Å². The van der Waals surface area contributed by atoms with Crippen molar-refractivity contribution in [2.75, 3.05) is 0 Å². The highest BCUT2D eigenvalue weighted by molar-refractivity contribution is 14.1. The molecular formula is C10H8F3IO3. The molecule has 0 fully saturated rings. The molecule has 0 aromatic heterocycles. The number of aryl methyl sites for hydroxylation is 1. The Morgan fingerprint density at radius 2 is 2.06 bits per heavy atom. The van der Waals surface area contributed by atoms with Gasteiger partial charge in [0.25, 0.3) is 0 Å². The van der Waals surface area contributed by atoms with Gasteiger partial charge in [-0.15, -0.1) is 13.2 Å². The molecule has 0 aliphatic rings. The van der Waals surface area contributed by atoms with Gasteiger partial charge >= 0.3 is 12.3 Å². The monoisotopic (exact) mass is 360 g/mol. The smallest absolute Gasteiger partial charge is 0.481 e. The summed E-state index contributed by atoms with van der Waals surface area (Å²) in [5.74, 6) is -1.33. The minimum atomic E-state index is -4.74. The van der Waals surface area contributed by atoms with Crippen LogP contribution >= 0.6 is 22.6 Å². The van der Waals surface area contributed by atoms with E-state index >= 15 is 0 Å². The van der Waals surface area contributed by atoms with E-state index in [4.69, 9.17) is 5.11 Å². The minimum absolute atomic E-state index is 0.133. The highest BCUT2D eigenvalue weighted by atomic mass is 127. The molecule has 17 heavy (non-hydrogen) atoms. The van der Waals surface area contributed by atoms with Gasteiger partial charge in [0, 0.05) is 9.99 Å². The molecule has 0 unspecified atom stereocenters. The third-order valence-corrected chi connectivity index (χ3v) is 2.91. The Labute approximate surface area is 109 Å². The predicted molar refractivity (Wildman–Crippen MR) is 61.8 cm³/mol. The van der Waals surface area contributed by atoms with Crippen LogP contribution in [0.15, 0.2) is 18.2 Å². The van der Waals surface area contributed by atoms with Crippen molar-refractivity contribution < 1.29 is 27.8 Å². The number of hydrogen-bond acceptors (Lipinski definition) is 2. The lowest BCUT2D eigenvalue weighted by Gasteiger charge is -2.11. The molecule has 0 radical (unpaired) electrons. The first-order valence-electron chi connectivity index (χ1n) is 4.54. The molecule has 1 aromatic carbocycles. The Hall–Kier alpha value is -0.990. The number of alkyl halides is 3. The van der Waals surface area contributed by atoms with Crippen molar-refractivity contribution in [3.05, 3.63) is 27.3 Å². The quantitative estimate of drug-likeness (QED) is 0.839. The molecule has 0 bridgehead atoms. The molecule has 1 aromatic rings. The summed E-state index contributed by atoms with van der Waals surface area (Å²) in [6.45, 7) is 0. The maximum Gasteiger partial charge on any atom is 0.573 e. The number of ether oxygens (including phenoxy) is 1. The van der Waals surface area contributed by atoms with Crippen LogP contribution in [-0.2, 0) is 11.2 Å². The first-order chi connectivity index (χ1) is 7.78. The second-order valence-electron chi connectivity index (χ2n) is 3.19. The molecule has 0 amide bonds. The first-order valence-corrected chi connectivity index (χ1v) is 5.62. The van der Waals surface area contributed by atoms with Crippen molar-refractivity contribution in [1.29, 1.82) is 0 Å². The van der Waals surface area contributed by atoms with Crippen molar-refractivity contribution in [1.82, 2.24) is 0 Å². The second-order valence-corrected chi connectivity index (χ2v) is 4.36. The number of carbonyl (C=O) groups is 1. The van der Waals surface area contributed by atoms with Crippen LogP contribution in [0.25, 0.3) is 0 Å². The third-order valence-electron chi connectivity index (χ3n) is 1.86. The fourth-order valence-electron chi connectivity index (χ4n) is 1.18. The number of rotatable bonds is 4. The van der Waals surface area contributed by atoms with Crippen molar-refractivity contribution >= 4 is 28.6 Å². The van der Waals surface area contributed by atoms with Gasteiger partial charge in [-0.3, -0.25) is 4.79 Å². The molecule has 1 N–H and O–H groups in total. The highest BCUT2D eigenvalue weighted by Gasteiger charge is 2.31. The van der Waals surface area contributed by atoms with Crippen LogP contribution < -0.4 is 4.74 Å². The molecule has 3 nitrogen and oxygen atoms in total.